The Balaban J connectivity index is -0.000000114. The summed E-state index contributed by atoms with van der Waals surface area (Å²) in [6.07, 6.45) is 0. The molecule has 1 unspecified atom stereocenters. The molecule has 0 aliphatic rings. The molecule has 1 atom stereocenters. The molecule has 0 radical (unpaired) electrons. The van der Waals surface area contributed by atoms with E-state index in [4.69, 9.17) is 13.3 Å². The summed E-state index contributed by atoms with van der Waals surface area (Å²) >= 11 is 3.69. The van der Waals surface area contributed by atoms with Gasteiger partial charge >= 0.3 is 0 Å². The number of hydrogen-bond donors (Lipinski definition) is 3. The van der Waals surface area contributed by atoms with E-state index < -0.39 is 19.8 Å². The Morgan fingerprint density at radius 2 is 1.64 bits per heavy atom. The van der Waals surface area contributed by atoms with E-state index in [2.05, 4.69) is 11.2 Å². The lowest BCUT2D eigenvalue weighted by molar-refractivity contribution is 0.484. The number of hydrogen-bond acceptors (Lipinski definition) is 4. The smallest absolute Gasteiger partial charge is 0.264 e. The van der Waals surface area contributed by atoms with E-state index in [9.17, 15) is 8.42 Å². The molecule has 0 saturated carbocycles. The summed E-state index contributed by atoms with van der Waals surface area (Å²) in [5.74, 6) is -0.201. The highest BCUT2D eigenvalue weighted by Gasteiger charge is 1.93. The highest BCUT2D eigenvalue weighted by atomic mass is 32.8. The average Bonchev–Trinajstić information content (AvgIpc) is 1.63. The first-order valence-electron chi connectivity index (χ1n) is 2.08. The molecule has 0 aliphatic heterocycles. The lowest BCUT2D eigenvalue weighted by Gasteiger charge is -1.79. The van der Waals surface area contributed by atoms with Gasteiger partial charge in [-0.2, -0.15) is 8.42 Å². The third kappa shape index (κ3) is 66.2. The van der Waals surface area contributed by atoms with Crippen LogP contribution >= 0.6 is 0 Å². The molecule has 0 aromatic heterocycles. The van der Waals surface area contributed by atoms with Crippen LogP contribution in [0.1, 0.15) is 14.4 Å². The molecular weight excluding hydrogens is 212 g/mol. The molecule has 72 valence electrons. The molecule has 0 fully saturated rings. The van der Waals surface area contributed by atoms with Gasteiger partial charge in [0.15, 0.2) is 0 Å². The molecule has 0 aromatic rings. The lowest BCUT2D eigenvalue weighted by atomic mass is 11.0. The molecule has 11 heavy (non-hydrogen) atoms. The molecule has 8 heteroatoms. The predicted molar refractivity (Wildman–Crippen MR) is 48.4 cm³/mol. The van der Waals surface area contributed by atoms with Gasteiger partial charge in [-0.05, 0) is 6.92 Å². The van der Waals surface area contributed by atoms with Crippen LogP contribution in [-0.4, -0.2) is 27.5 Å². The van der Waals surface area contributed by atoms with Gasteiger partial charge in [-0.15, -0.1) is 0 Å². The fraction of sp³-hybridized carbons (Fsp3) is 1.00. The predicted octanol–water partition coefficient (Wildman–Crippen LogP) is -0.0675. The van der Waals surface area contributed by atoms with Gasteiger partial charge in [0.2, 0.25) is 0 Å². The second-order valence-corrected chi connectivity index (χ2v) is 4.26. The van der Waals surface area contributed by atoms with Crippen LogP contribution in [0.3, 0.4) is 0 Å². The Hall–Kier alpha value is 0.240. The summed E-state index contributed by atoms with van der Waals surface area (Å²) < 4.78 is 43.3. The summed E-state index contributed by atoms with van der Waals surface area (Å²) in [5.41, 5.74) is 0. The first-order chi connectivity index (χ1) is 4.29. The number of thiol groups is 1. The third-order valence-electron chi connectivity index (χ3n) is 0.365. The van der Waals surface area contributed by atoms with Crippen LogP contribution in [0.4, 0.5) is 0 Å². The average molecular weight is 224 g/mol. The van der Waals surface area contributed by atoms with E-state index in [1.807, 2.05) is 0 Å². The second-order valence-electron chi connectivity index (χ2n) is 1.11. The largest absolute Gasteiger partial charge is 0.308 e. The minimum Gasteiger partial charge on any atom is -0.308 e. The van der Waals surface area contributed by atoms with E-state index in [0.29, 0.717) is 0 Å². The quantitative estimate of drug-likeness (QED) is 0.427. The van der Waals surface area contributed by atoms with Crippen molar-refractivity contribution in [2.24, 2.45) is 0 Å². The van der Waals surface area contributed by atoms with Crippen molar-refractivity contribution in [3.05, 3.63) is 0 Å². The highest BCUT2D eigenvalue weighted by Crippen LogP contribution is 1.74. The van der Waals surface area contributed by atoms with Crippen molar-refractivity contribution in [2.75, 3.05) is 5.75 Å². The molecule has 0 amide bonds. The van der Waals surface area contributed by atoms with Crippen molar-refractivity contribution in [1.29, 1.82) is 0 Å². The molecule has 0 heterocycles. The molecule has 0 aromatic carbocycles. The van der Waals surface area contributed by atoms with Gasteiger partial charge in [-0.1, -0.05) is 7.43 Å². The second kappa shape index (κ2) is 8.34. The van der Waals surface area contributed by atoms with E-state index in [0.717, 1.165) is 0 Å². The van der Waals surface area contributed by atoms with E-state index >= 15 is 0 Å². The van der Waals surface area contributed by atoms with Crippen molar-refractivity contribution in [2.45, 2.75) is 14.4 Å². The van der Waals surface area contributed by atoms with Crippen molar-refractivity contribution in [3.63, 3.8) is 0 Å². The van der Waals surface area contributed by atoms with Gasteiger partial charge in [-0.25, -0.2) is 4.21 Å². The maximum absolute atomic E-state index is 9.56. The van der Waals surface area contributed by atoms with Gasteiger partial charge in [0.1, 0.15) is 9.64 Å². The Labute approximate surface area is 73.1 Å². The molecule has 0 spiro atoms. The fourth-order valence-corrected chi connectivity index (χ4v) is 0. The monoisotopic (exact) mass is 224 g/mol. The van der Waals surface area contributed by atoms with Gasteiger partial charge in [0.05, 0.1) is 5.75 Å². The highest BCUT2D eigenvalue weighted by molar-refractivity contribution is 8.18. The summed E-state index contributed by atoms with van der Waals surface area (Å²) in [7, 11) is -5.95. The van der Waals surface area contributed by atoms with E-state index in [-0.39, 0.29) is 13.2 Å². The maximum Gasteiger partial charge on any atom is 0.264 e. The SMILES string of the molecule is C.CCS(=O)(=O)O.O=[SH](O)=S. The van der Waals surface area contributed by atoms with Crippen LogP contribution in [-0.2, 0) is 30.9 Å². The van der Waals surface area contributed by atoms with Crippen molar-refractivity contribution in [1.82, 2.24) is 0 Å². The maximum atomic E-state index is 9.56. The van der Waals surface area contributed by atoms with E-state index in [1.54, 1.807) is 0 Å². The van der Waals surface area contributed by atoms with Crippen LogP contribution in [0, 0.1) is 0 Å². The van der Waals surface area contributed by atoms with Gasteiger partial charge < -0.3 is 4.55 Å². The summed E-state index contributed by atoms with van der Waals surface area (Å²) in [6, 6.07) is 0. The Morgan fingerprint density at radius 3 is 1.64 bits per heavy atom. The van der Waals surface area contributed by atoms with Crippen LogP contribution in [0.15, 0.2) is 0 Å². The minimum absolute atomic E-state index is 0. The Kier molecular flexibility index (Phi) is 13.2. The first kappa shape index (κ1) is 17.4. The van der Waals surface area contributed by atoms with Crippen molar-refractivity contribution >= 4 is 30.9 Å². The topological polar surface area (TPSA) is 91.7 Å². The standard InChI is InChI=1S/C2H6O3S.CH4.H2O2S2/c1-2-6(3,4)5;;1-4(2)3/h2H2,1H3,(H,3,4,5);1H4;4H,(H,1,2,3). The number of rotatable bonds is 1. The zero-order chi connectivity index (χ0) is 8.78. The molecule has 0 saturated heterocycles. The van der Waals surface area contributed by atoms with Crippen molar-refractivity contribution < 1.29 is 21.7 Å². The normalized spacial score (nSPS) is 11.9. The minimum atomic E-state index is -3.66. The van der Waals surface area contributed by atoms with Crippen LogP contribution < -0.4 is 0 Å². The molecule has 0 aliphatic carbocycles. The molecule has 0 bridgehead atoms. The molecule has 5 nitrogen and oxygen atoms in total. The van der Waals surface area contributed by atoms with Crippen LogP contribution in [0.2, 0.25) is 0 Å². The van der Waals surface area contributed by atoms with Crippen LogP contribution in [0.25, 0.3) is 0 Å². The molecular formula is C3H12O5S3. The van der Waals surface area contributed by atoms with Crippen LogP contribution in [0.5, 0.6) is 0 Å². The zero-order valence-electron chi connectivity index (χ0n) is 5.09. The summed E-state index contributed by atoms with van der Waals surface area (Å²) in [4.78, 5) is 0. The van der Waals surface area contributed by atoms with Gasteiger partial charge in [0, 0.05) is 11.2 Å². The molecule has 0 rings (SSSR count). The zero-order valence-corrected chi connectivity index (χ0v) is 7.62. The Bertz CT molecular complexity index is 217. The summed E-state index contributed by atoms with van der Waals surface area (Å²) in [6.45, 7) is 1.37. The lowest BCUT2D eigenvalue weighted by Crippen LogP contribution is -1.97. The van der Waals surface area contributed by atoms with E-state index in [1.165, 1.54) is 6.92 Å². The molecule has 2 N–H and O–H groups in total. The summed E-state index contributed by atoms with van der Waals surface area (Å²) in [5, 5.41) is 0. The van der Waals surface area contributed by atoms with Gasteiger partial charge in [-0.3, -0.25) is 4.55 Å². The van der Waals surface area contributed by atoms with Crippen molar-refractivity contribution in [3.8, 4) is 0 Å². The first-order valence-corrected chi connectivity index (χ1v) is 5.91. The fourth-order valence-electron chi connectivity index (χ4n) is 0. The Morgan fingerprint density at radius 1 is 1.55 bits per heavy atom. The van der Waals surface area contributed by atoms with Gasteiger partial charge in [0.25, 0.3) is 10.1 Å². The third-order valence-corrected chi connectivity index (χ3v) is 1.09.